The molecule has 2 bridgehead atoms. The van der Waals surface area contributed by atoms with Gasteiger partial charge in [-0.1, -0.05) is 46.9 Å². The highest BCUT2D eigenvalue weighted by molar-refractivity contribution is 5.08. The standard InChI is InChI=1S/C18H28.C3H6.4CH4/c1-11(2)5-13-7-16-15-9-14(6-12(3)4)17(10-15)18(16)8-13;1-3-2;;;;/h13-18H,1,3,5-10H2,2,4H3;3H,1H2,2H3;4*1H4. The fraction of sp³-hybridized carbons (Fsp3) is 0.760. The number of rotatable bonds is 4. The van der Waals surface area contributed by atoms with Gasteiger partial charge in [-0.15, -0.1) is 19.7 Å². The summed E-state index contributed by atoms with van der Waals surface area (Å²) in [6.45, 7) is 17.9. The Balaban J connectivity index is -0.000000649. The van der Waals surface area contributed by atoms with Crippen LogP contribution in [-0.2, 0) is 0 Å². The summed E-state index contributed by atoms with van der Waals surface area (Å²) >= 11 is 0. The molecule has 3 aliphatic rings. The smallest absolute Gasteiger partial charge is 0.0294 e. The highest BCUT2D eigenvalue weighted by Gasteiger charge is 2.55. The van der Waals surface area contributed by atoms with E-state index in [2.05, 4.69) is 33.6 Å². The Morgan fingerprint density at radius 2 is 1.28 bits per heavy atom. The highest BCUT2D eigenvalue weighted by Crippen LogP contribution is 2.63. The predicted octanol–water partition coefficient (Wildman–Crippen LogP) is 8.95. The van der Waals surface area contributed by atoms with Gasteiger partial charge in [0.25, 0.3) is 0 Å². The molecule has 0 heteroatoms. The highest BCUT2D eigenvalue weighted by atomic mass is 14.6. The first-order valence-electron chi connectivity index (χ1n) is 8.82. The van der Waals surface area contributed by atoms with Crippen molar-refractivity contribution in [2.24, 2.45) is 35.5 Å². The minimum Gasteiger partial charge on any atom is -0.103 e. The van der Waals surface area contributed by atoms with E-state index in [-0.39, 0.29) is 29.7 Å². The summed E-state index contributed by atoms with van der Waals surface area (Å²) in [6.07, 6.45) is 10.4. The van der Waals surface area contributed by atoms with E-state index in [9.17, 15) is 0 Å². The van der Waals surface area contributed by atoms with Gasteiger partial charge in [0.05, 0.1) is 0 Å². The third kappa shape index (κ3) is 6.80. The van der Waals surface area contributed by atoms with Crippen LogP contribution >= 0.6 is 0 Å². The molecule has 0 nitrogen and oxygen atoms in total. The van der Waals surface area contributed by atoms with Crippen LogP contribution in [0.3, 0.4) is 0 Å². The summed E-state index contributed by atoms with van der Waals surface area (Å²) in [5.41, 5.74) is 2.80. The number of allylic oxidation sites excluding steroid dienone is 3. The maximum Gasteiger partial charge on any atom is -0.0294 e. The van der Waals surface area contributed by atoms with Gasteiger partial charge in [0.2, 0.25) is 0 Å². The molecule has 0 aliphatic heterocycles. The summed E-state index contributed by atoms with van der Waals surface area (Å²) in [7, 11) is 0. The zero-order valence-corrected chi connectivity index (χ0v) is 14.4. The average molecular weight is 351 g/mol. The molecule has 3 rings (SSSR count). The van der Waals surface area contributed by atoms with E-state index in [4.69, 9.17) is 0 Å². The quantitative estimate of drug-likeness (QED) is 0.444. The first kappa shape index (κ1) is 29.0. The molecule has 0 N–H and O–H groups in total. The maximum absolute atomic E-state index is 4.13. The molecule has 0 amide bonds. The van der Waals surface area contributed by atoms with E-state index in [1.165, 1.54) is 43.3 Å². The zero-order valence-electron chi connectivity index (χ0n) is 14.4. The molecule has 25 heavy (non-hydrogen) atoms. The van der Waals surface area contributed by atoms with Crippen molar-refractivity contribution in [2.75, 3.05) is 0 Å². The Hall–Kier alpha value is -0.780. The summed E-state index contributed by atoms with van der Waals surface area (Å²) in [6, 6.07) is 0. The average Bonchev–Trinajstić information content (AvgIpc) is 2.98. The SMILES string of the molecule is C.C.C.C.C=C(C)CC1CC2C3CC(CC(=C)C)C(C3)C2C1.C=CC. The largest absolute Gasteiger partial charge is 0.103 e. The summed E-state index contributed by atoms with van der Waals surface area (Å²) in [5, 5.41) is 0. The Morgan fingerprint density at radius 1 is 0.800 bits per heavy atom. The van der Waals surface area contributed by atoms with Crippen LogP contribution in [0.1, 0.15) is 89.0 Å². The fourth-order valence-electron chi connectivity index (χ4n) is 5.67. The van der Waals surface area contributed by atoms with E-state index in [0.29, 0.717) is 0 Å². The lowest BCUT2D eigenvalue weighted by atomic mass is 9.74. The second kappa shape index (κ2) is 12.6. The third-order valence-corrected chi connectivity index (χ3v) is 5.95. The molecule has 0 radical (unpaired) electrons. The van der Waals surface area contributed by atoms with Gasteiger partial charge in [-0.05, 0) is 94.8 Å². The minimum absolute atomic E-state index is 0. The van der Waals surface area contributed by atoms with Gasteiger partial charge in [0.1, 0.15) is 0 Å². The van der Waals surface area contributed by atoms with Gasteiger partial charge < -0.3 is 0 Å². The molecule has 0 aromatic rings. The van der Waals surface area contributed by atoms with E-state index < -0.39 is 0 Å². The summed E-state index contributed by atoms with van der Waals surface area (Å²) < 4.78 is 0. The number of hydrogen-bond donors (Lipinski definition) is 0. The van der Waals surface area contributed by atoms with Crippen molar-refractivity contribution in [3.05, 3.63) is 37.0 Å². The van der Waals surface area contributed by atoms with Crippen molar-refractivity contribution in [1.29, 1.82) is 0 Å². The van der Waals surface area contributed by atoms with Crippen LogP contribution in [0.5, 0.6) is 0 Å². The number of hydrogen-bond acceptors (Lipinski definition) is 0. The first-order chi connectivity index (χ1) is 9.96. The molecule has 3 fully saturated rings. The third-order valence-electron chi connectivity index (χ3n) is 5.95. The van der Waals surface area contributed by atoms with Gasteiger partial charge in [-0.3, -0.25) is 0 Å². The van der Waals surface area contributed by atoms with Gasteiger partial charge in [0, 0.05) is 0 Å². The molecule has 0 aromatic carbocycles. The van der Waals surface area contributed by atoms with Crippen LogP contribution in [0.4, 0.5) is 0 Å². The van der Waals surface area contributed by atoms with Crippen molar-refractivity contribution in [3.63, 3.8) is 0 Å². The van der Waals surface area contributed by atoms with Crippen LogP contribution < -0.4 is 0 Å². The minimum atomic E-state index is 0. The van der Waals surface area contributed by atoms with Crippen molar-refractivity contribution in [1.82, 2.24) is 0 Å². The van der Waals surface area contributed by atoms with Gasteiger partial charge >= 0.3 is 0 Å². The Bertz CT molecular complexity index is 402. The molecule has 0 aromatic heterocycles. The normalized spacial score (nSPS) is 33.1. The second-order valence-electron chi connectivity index (χ2n) is 8.05. The molecular weight excluding hydrogens is 300 g/mol. The monoisotopic (exact) mass is 350 g/mol. The van der Waals surface area contributed by atoms with Crippen molar-refractivity contribution < 1.29 is 0 Å². The van der Waals surface area contributed by atoms with E-state index in [1.54, 1.807) is 12.5 Å². The van der Waals surface area contributed by atoms with Crippen LogP contribution in [0.15, 0.2) is 37.0 Å². The number of fused-ring (bicyclic) bond motifs is 5. The first-order valence-corrected chi connectivity index (χ1v) is 8.82. The molecule has 0 saturated heterocycles. The molecule has 150 valence electrons. The van der Waals surface area contributed by atoms with Crippen LogP contribution in [-0.4, -0.2) is 0 Å². The van der Waals surface area contributed by atoms with Crippen LogP contribution in [0.25, 0.3) is 0 Å². The summed E-state index contributed by atoms with van der Waals surface area (Å²) in [4.78, 5) is 0. The molecule has 3 aliphatic carbocycles. The molecule has 6 atom stereocenters. The van der Waals surface area contributed by atoms with Gasteiger partial charge in [0.15, 0.2) is 0 Å². The zero-order chi connectivity index (χ0) is 15.6. The van der Waals surface area contributed by atoms with E-state index in [1.807, 2.05) is 6.92 Å². The van der Waals surface area contributed by atoms with Crippen molar-refractivity contribution in [2.45, 2.75) is 89.0 Å². The molecule has 6 unspecified atom stereocenters. The lowest BCUT2D eigenvalue weighted by Gasteiger charge is -2.31. The van der Waals surface area contributed by atoms with Crippen LogP contribution in [0, 0.1) is 35.5 Å². The van der Waals surface area contributed by atoms with Crippen molar-refractivity contribution >= 4 is 0 Å². The Labute approximate surface area is 161 Å². The second-order valence-corrected chi connectivity index (χ2v) is 8.05. The maximum atomic E-state index is 4.13. The lowest BCUT2D eigenvalue weighted by Crippen LogP contribution is -2.24. The summed E-state index contributed by atoms with van der Waals surface area (Å²) in [5.74, 6) is 6.22. The van der Waals surface area contributed by atoms with E-state index >= 15 is 0 Å². The molecule has 0 heterocycles. The molecule has 3 saturated carbocycles. The van der Waals surface area contributed by atoms with E-state index in [0.717, 1.165) is 35.5 Å². The van der Waals surface area contributed by atoms with Crippen LogP contribution in [0.2, 0.25) is 0 Å². The lowest BCUT2D eigenvalue weighted by molar-refractivity contribution is 0.188. The van der Waals surface area contributed by atoms with Crippen molar-refractivity contribution in [3.8, 4) is 0 Å². The molecule has 0 spiro atoms. The predicted molar refractivity (Wildman–Crippen MR) is 121 cm³/mol. The van der Waals surface area contributed by atoms with Gasteiger partial charge in [-0.2, -0.15) is 0 Å². The molecular formula is C25H50. The Morgan fingerprint density at radius 3 is 1.76 bits per heavy atom. The Kier molecular flexibility index (Phi) is 14.6. The topological polar surface area (TPSA) is 0 Å². The van der Waals surface area contributed by atoms with Gasteiger partial charge in [-0.25, -0.2) is 0 Å². The fourth-order valence-corrected chi connectivity index (χ4v) is 5.67.